The molecule has 0 bridgehead atoms. The zero-order chi connectivity index (χ0) is 12.8. The molecular weight excluding hydrogens is 228 g/mol. The van der Waals surface area contributed by atoms with Crippen molar-refractivity contribution >= 4 is 15.7 Å². The maximum atomic E-state index is 11.7. The molecule has 96 valence electrons. The SMILES string of the molecule is CCNC(C)(C)C(=O)NCCCS(C)(=O)=O. The minimum absolute atomic E-state index is 0.106. The Morgan fingerprint density at radius 2 is 1.88 bits per heavy atom. The fourth-order valence-corrected chi connectivity index (χ4v) is 1.95. The predicted molar refractivity (Wildman–Crippen MR) is 65.1 cm³/mol. The number of carbonyl (C=O) groups excluding carboxylic acids is 1. The van der Waals surface area contributed by atoms with Crippen molar-refractivity contribution in [2.24, 2.45) is 0 Å². The zero-order valence-electron chi connectivity index (χ0n) is 10.5. The number of hydrogen-bond donors (Lipinski definition) is 2. The van der Waals surface area contributed by atoms with E-state index in [0.717, 1.165) is 0 Å². The lowest BCUT2D eigenvalue weighted by Crippen LogP contribution is -2.52. The first-order chi connectivity index (χ1) is 7.19. The topological polar surface area (TPSA) is 75.3 Å². The van der Waals surface area contributed by atoms with Crippen LogP contribution in [0.15, 0.2) is 0 Å². The molecule has 0 fully saturated rings. The summed E-state index contributed by atoms with van der Waals surface area (Å²) in [5, 5.41) is 5.76. The van der Waals surface area contributed by atoms with Gasteiger partial charge in [0, 0.05) is 12.8 Å². The molecule has 0 aliphatic rings. The highest BCUT2D eigenvalue weighted by molar-refractivity contribution is 7.90. The lowest BCUT2D eigenvalue weighted by Gasteiger charge is -2.24. The Morgan fingerprint density at radius 3 is 2.31 bits per heavy atom. The van der Waals surface area contributed by atoms with Gasteiger partial charge in [-0.05, 0) is 26.8 Å². The summed E-state index contributed by atoms with van der Waals surface area (Å²) < 4.78 is 21.7. The van der Waals surface area contributed by atoms with Crippen molar-refractivity contribution in [1.29, 1.82) is 0 Å². The molecule has 6 heteroatoms. The molecule has 5 nitrogen and oxygen atoms in total. The number of sulfone groups is 1. The lowest BCUT2D eigenvalue weighted by molar-refractivity contribution is -0.126. The van der Waals surface area contributed by atoms with Crippen molar-refractivity contribution in [3.05, 3.63) is 0 Å². The molecule has 0 heterocycles. The van der Waals surface area contributed by atoms with Gasteiger partial charge >= 0.3 is 0 Å². The second-order valence-corrected chi connectivity index (χ2v) is 6.65. The van der Waals surface area contributed by atoms with Crippen LogP contribution < -0.4 is 10.6 Å². The average molecular weight is 250 g/mol. The van der Waals surface area contributed by atoms with Gasteiger partial charge in [-0.2, -0.15) is 0 Å². The Balaban J connectivity index is 3.90. The summed E-state index contributed by atoms with van der Waals surface area (Å²) in [5.41, 5.74) is -0.611. The monoisotopic (exact) mass is 250 g/mol. The fraction of sp³-hybridized carbons (Fsp3) is 0.900. The molecule has 1 amide bonds. The van der Waals surface area contributed by atoms with Crippen LogP contribution in [0.3, 0.4) is 0 Å². The quantitative estimate of drug-likeness (QED) is 0.620. The van der Waals surface area contributed by atoms with Crippen molar-refractivity contribution in [3.63, 3.8) is 0 Å². The summed E-state index contributed by atoms with van der Waals surface area (Å²) in [4.78, 5) is 11.7. The van der Waals surface area contributed by atoms with E-state index >= 15 is 0 Å². The van der Waals surface area contributed by atoms with E-state index in [9.17, 15) is 13.2 Å². The maximum absolute atomic E-state index is 11.7. The molecule has 0 radical (unpaired) electrons. The van der Waals surface area contributed by atoms with Crippen LogP contribution >= 0.6 is 0 Å². The molecule has 16 heavy (non-hydrogen) atoms. The number of likely N-dealkylation sites (N-methyl/N-ethyl adjacent to an activating group) is 1. The van der Waals surface area contributed by atoms with Crippen LogP contribution in [0, 0.1) is 0 Å². The molecule has 0 aliphatic carbocycles. The summed E-state index contributed by atoms with van der Waals surface area (Å²) in [6.07, 6.45) is 1.64. The van der Waals surface area contributed by atoms with Crippen molar-refractivity contribution in [3.8, 4) is 0 Å². The molecule has 0 aliphatic heterocycles. The first-order valence-corrected chi connectivity index (χ1v) is 7.46. The molecule has 0 unspecified atom stereocenters. The van der Waals surface area contributed by atoms with Gasteiger partial charge in [-0.25, -0.2) is 8.42 Å². The highest BCUT2D eigenvalue weighted by Crippen LogP contribution is 2.01. The van der Waals surface area contributed by atoms with Crippen molar-refractivity contribution in [2.75, 3.05) is 25.1 Å². The lowest BCUT2D eigenvalue weighted by atomic mass is 10.0. The Kier molecular flexibility index (Phi) is 5.96. The standard InChI is InChI=1S/C10H22N2O3S/c1-5-12-10(2,3)9(13)11-7-6-8-16(4,14)15/h12H,5-8H2,1-4H3,(H,11,13). The van der Waals surface area contributed by atoms with Crippen LogP contribution in [-0.2, 0) is 14.6 Å². The third-order valence-electron chi connectivity index (χ3n) is 2.16. The zero-order valence-corrected chi connectivity index (χ0v) is 11.3. The molecule has 0 spiro atoms. The van der Waals surface area contributed by atoms with Crippen LogP contribution in [0.25, 0.3) is 0 Å². The van der Waals surface area contributed by atoms with Crippen molar-refractivity contribution in [1.82, 2.24) is 10.6 Å². The number of amides is 1. The minimum Gasteiger partial charge on any atom is -0.354 e. The van der Waals surface area contributed by atoms with E-state index in [1.807, 2.05) is 6.92 Å². The van der Waals surface area contributed by atoms with E-state index < -0.39 is 15.4 Å². The van der Waals surface area contributed by atoms with E-state index in [2.05, 4.69) is 10.6 Å². The van der Waals surface area contributed by atoms with E-state index in [1.165, 1.54) is 6.26 Å². The fourth-order valence-electron chi connectivity index (χ4n) is 1.28. The second kappa shape index (κ2) is 6.20. The Bertz CT molecular complexity index is 323. The van der Waals surface area contributed by atoms with Crippen LogP contribution in [0.4, 0.5) is 0 Å². The van der Waals surface area contributed by atoms with Gasteiger partial charge in [0.1, 0.15) is 9.84 Å². The number of carbonyl (C=O) groups is 1. The third-order valence-corrected chi connectivity index (χ3v) is 3.19. The molecule has 0 aromatic carbocycles. The van der Waals surface area contributed by atoms with Crippen LogP contribution in [-0.4, -0.2) is 45.0 Å². The van der Waals surface area contributed by atoms with Crippen LogP contribution in [0.2, 0.25) is 0 Å². The molecule has 0 saturated carbocycles. The summed E-state index contributed by atoms with van der Waals surface area (Å²) in [7, 11) is -2.93. The van der Waals surface area contributed by atoms with E-state index in [1.54, 1.807) is 13.8 Å². The van der Waals surface area contributed by atoms with Gasteiger partial charge in [0.05, 0.1) is 11.3 Å². The Morgan fingerprint density at radius 1 is 1.31 bits per heavy atom. The van der Waals surface area contributed by atoms with Crippen molar-refractivity contribution in [2.45, 2.75) is 32.7 Å². The number of hydrogen-bond acceptors (Lipinski definition) is 4. The molecule has 0 rings (SSSR count). The van der Waals surface area contributed by atoms with Gasteiger partial charge in [0.25, 0.3) is 0 Å². The van der Waals surface area contributed by atoms with Gasteiger partial charge in [-0.15, -0.1) is 0 Å². The van der Waals surface area contributed by atoms with Gasteiger partial charge in [0.15, 0.2) is 0 Å². The summed E-state index contributed by atoms with van der Waals surface area (Å²) >= 11 is 0. The average Bonchev–Trinajstić information content (AvgIpc) is 2.10. The highest BCUT2D eigenvalue weighted by Gasteiger charge is 2.25. The van der Waals surface area contributed by atoms with Gasteiger partial charge in [-0.3, -0.25) is 4.79 Å². The highest BCUT2D eigenvalue weighted by atomic mass is 32.2. The van der Waals surface area contributed by atoms with E-state index in [-0.39, 0.29) is 11.7 Å². The minimum atomic E-state index is -2.93. The first kappa shape index (κ1) is 15.4. The Hall–Kier alpha value is -0.620. The Labute approximate surface area is 97.9 Å². The van der Waals surface area contributed by atoms with Crippen molar-refractivity contribution < 1.29 is 13.2 Å². The van der Waals surface area contributed by atoms with E-state index in [0.29, 0.717) is 19.5 Å². The summed E-state index contributed by atoms with van der Waals surface area (Å²) in [6.45, 7) is 6.62. The van der Waals surface area contributed by atoms with Crippen LogP contribution in [0.5, 0.6) is 0 Å². The largest absolute Gasteiger partial charge is 0.354 e. The molecule has 0 saturated heterocycles. The second-order valence-electron chi connectivity index (χ2n) is 4.39. The van der Waals surface area contributed by atoms with Gasteiger partial charge < -0.3 is 10.6 Å². The van der Waals surface area contributed by atoms with E-state index in [4.69, 9.17) is 0 Å². The molecular formula is C10H22N2O3S. The summed E-state index contributed by atoms with van der Waals surface area (Å²) in [5.74, 6) is -0.00240. The molecule has 2 N–H and O–H groups in total. The molecule has 0 aromatic rings. The normalized spacial score (nSPS) is 12.5. The predicted octanol–water partition coefficient (Wildman–Crippen LogP) is -0.0746. The van der Waals surface area contributed by atoms with Gasteiger partial charge in [0.2, 0.25) is 5.91 Å². The summed E-state index contributed by atoms with van der Waals surface area (Å²) in [6, 6.07) is 0. The first-order valence-electron chi connectivity index (χ1n) is 5.40. The third kappa shape index (κ3) is 6.79. The van der Waals surface area contributed by atoms with Gasteiger partial charge in [-0.1, -0.05) is 6.92 Å². The maximum Gasteiger partial charge on any atom is 0.239 e. The number of nitrogens with one attached hydrogen (secondary N) is 2. The van der Waals surface area contributed by atoms with Crippen LogP contribution in [0.1, 0.15) is 27.2 Å². The molecule has 0 aromatic heterocycles. The molecule has 0 atom stereocenters. The number of rotatable bonds is 7. The smallest absolute Gasteiger partial charge is 0.239 e.